The second-order valence-electron chi connectivity index (χ2n) is 6.94. The van der Waals surface area contributed by atoms with Crippen LogP contribution in [0.4, 0.5) is 5.82 Å². The lowest BCUT2D eigenvalue weighted by Crippen LogP contribution is -2.57. The standard InChI is InChI=1S/C19H28N6O/c1-3-22-7-9-25(10-8-22)19(26)16(2)23-11-13-24(14-12-23)18-17(15-20)5-4-6-21-18/h4-6,16H,3,7-14H2,1-2H3. The Hall–Kier alpha value is -2.17. The van der Waals surface area contributed by atoms with E-state index in [1.54, 1.807) is 18.3 Å². The topological polar surface area (TPSA) is 66.7 Å². The van der Waals surface area contributed by atoms with Gasteiger partial charge in [0, 0.05) is 58.6 Å². The van der Waals surface area contributed by atoms with Gasteiger partial charge in [0.05, 0.1) is 11.6 Å². The summed E-state index contributed by atoms with van der Waals surface area (Å²) in [6, 6.07) is 5.71. The van der Waals surface area contributed by atoms with Crippen molar-refractivity contribution in [1.82, 2.24) is 19.7 Å². The number of nitrogens with zero attached hydrogens (tertiary/aromatic N) is 6. The Balaban J connectivity index is 1.54. The summed E-state index contributed by atoms with van der Waals surface area (Å²) in [7, 11) is 0. The van der Waals surface area contributed by atoms with E-state index < -0.39 is 0 Å². The van der Waals surface area contributed by atoms with Crippen molar-refractivity contribution >= 4 is 11.7 Å². The van der Waals surface area contributed by atoms with Gasteiger partial charge in [-0.2, -0.15) is 5.26 Å². The first-order valence-corrected chi connectivity index (χ1v) is 9.49. The van der Waals surface area contributed by atoms with Crippen LogP contribution in [0.1, 0.15) is 19.4 Å². The first-order chi connectivity index (χ1) is 12.6. The molecular weight excluding hydrogens is 328 g/mol. The van der Waals surface area contributed by atoms with Crippen molar-refractivity contribution < 1.29 is 4.79 Å². The number of carbonyl (C=O) groups is 1. The van der Waals surface area contributed by atoms with Crippen molar-refractivity contribution in [1.29, 1.82) is 5.26 Å². The third-order valence-electron chi connectivity index (χ3n) is 5.56. The van der Waals surface area contributed by atoms with E-state index in [0.29, 0.717) is 5.56 Å². The van der Waals surface area contributed by atoms with Crippen LogP contribution in [0.15, 0.2) is 18.3 Å². The number of hydrogen-bond donors (Lipinski definition) is 0. The van der Waals surface area contributed by atoms with Gasteiger partial charge in [-0.3, -0.25) is 9.69 Å². The molecule has 2 fully saturated rings. The number of piperazine rings is 2. The minimum absolute atomic E-state index is 0.0931. The van der Waals surface area contributed by atoms with Gasteiger partial charge >= 0.3 is 0 Å². The number of likely N-dealkylation sites (N-methyl/N-ethyl adjacent to an activating group) is 1. The van der Waals surface area contributed by atoms with Gasteiger partial charge in [0.2, 0.25) is 5.91 Å². The smallest absolute Gasteiger partial charge is 0.239 e. The Labute approximate surface area is 155 Å². The van der Waals surface area contributed by atoms with Gasteiger partial charge in [-0.05, 0) is 25.6 Å². The molecule has 1 atom stereocenters. The molecule has 1 unspecified atom stereocenters. The van der Waals surface area contributed by atoms with Crippen molar-refractivity contribution in [2.45, 2.75) is 19.9 Å². The summed E-state index contributed by atoms with van der Waals surface area (Å²) in [5.41, 5.74) is 0.610. The second-order valence-corrected chi connectivity index (χ2v) is 6.94. The first kappa shape index (κ1) is 18.6. The quantitative estimate of drug-likeness (QED) is 0.788. The van der Waals surface area contributed by atoms with Gasteiger partial charge in [-0.15, -0.1) is 0 Å². The van der Waals surface area contributed by atoms with Gasteiger partial charge in [-0.25, -0.2) is 4.98 Å². The Bertz CT molecular complexity index is 656. The summed E-state index contributed by atoms with van der Waals surface area (Å²) in [4.78, 5) is 26.0. The van der Waals surface area contributed by atoms with Gasteiger partial charge < -0.3 is 14.7 Å². The molecule has 0 spiro atoms. The average Bonchev–Trinajstić information content (AvgIpc) is 2.73. The van der Waals surface area contributed by atoms with Crippen LogP contribution in [-0.4, -0.2) is 90.5 Å². The minimum Gasteiger partial charge on any atom is -0.353 e. The average molecular weight is 356 g/mol. The van der Waals surface area contributed by atoms with E-state index in [-0.39, 0.29) is 11.9 Å². The number of anilines is 1. The third kappa shape index (κ3) is 3.97. The largest absolute Gasteiger partial charge is 0.353 e. The van der Waals surface area contributed by atoms with E-state index in [4.69, 9.17) is 0 Å². The lowest BCUT2D eigenvalue weighted by Gasteiger charge is -2.41. The lowest BCUT2D eigenvalue weighted by atomic mass is 10.1. The van der Waals surface area contributed by atoms with E-state index >= 15 is 0 Å². The Morgan fingerprint density at radius 3 is 2.50 bits per heavy atom. The van der Waals surface area contributed by atoms with E-state index in [9.17, 15) is 10.1 Å². The normalized spacial score (nSPS) is 20.7. The lowest BCUT2D eigenvalue weighted by molar-refractivity contribution is -0.138. The number of rotatable bonds is 4. The van der Waals surface area contributed by atoms with Crippen LogP contribution < -0.4 is 4.90 Å². The summed E-state index contributed by atoms with van der Waals surface area (Å²) in [6.07, 6.45) is 1.73. The van der Waals surface area contributed by atoms with Crippen LogP contribution in [0.5, 0.6) is 0 Å². The highest BCUT2D eigenvalue weighted by Gasteiger charge is 2.30. The monoisotopic (exact) mass is 356 g/mol. The number of hydrogen-bond acceptors (Lipinski definition) is 6. The molecular formula is C19H28N6O. The number of aromatic nitrogens is 1. The van der Waals surface area contributed by atoms with Crippen molar-refractivity contribution in [2.75, 3.05) is 63.8 Å². The van der Waals surface area contributed by atoms with Crippen LogP contribution in [0.25, 0.3) is 0 Å². The molecule has 2 saturated heterocycles. The zero-order chi connectivity index (χ0) is 18.5. The Kier molecular flexibility index (Phi) is 6.07. The molecule has 2 aliphatic heterocycles. The van der Waals surface area contributed by atoms with E-state index in [1.807, 2.05) is 11.8 Å². The SMILES string of the molecule is CCN1CCN(C(=O)C(C)N2CCN(c3ncccc3C#N)CC2)CC1. The predicted molar refractivity (Wildman–Crippen MR) is 101 cm³/mol. The van der Waals surface area contributed by atoms with E-state index in [0.717, 1.165) is 64.7 Å². The summed E-state index contributed by atoms with van der Waals surface area (Å²) < 4.78 is 0. The number of carbonyl (C=O) groups excluding carboxylic acids is 1. The molecule has 1 aromatic rings. The zero-order valence-corrected chi connectivity index (χ0v) is 15.8. The maximum absolute atomic E-state index is 12.8. The van der Waals surface area contributed by atoms with Crippen molar-refractivity contribution in [3.63, 3.8) is 0 Å². The zero-order valence-electron chi connectivity index (χ0n) is 15.8. The molecule has 2 aliphatic rings. The van der Waals surface area contributed by atoms with Gasteiger partial charge in [0.1, 0.15) is 11.9 Å². The van der Waals surface area contributed by atoms with Crippen LogP contribution in [0, 0.1) is 11.3 Å². The molecule has 3 rings (SSSR count). The van der Waals surface area contributed by atoms with Gasteiger partial charge in [-0.1, -0.05) is 6.92 Å². The first-order valence-electron chi connectivity index (χ1n) is 9.49. The fourth-order valence-corrected chi connectivity index (χ4v) is 3.76. The molecule has 26 heavy (non-hydrogen) atoms. The molecule has 0 N–H and O–H groups in total. The molecule has 0 aliphatic carbocycles. The molecule has 0 bridgehead atoms. The molecule has 1 aromatic heterocycles. The van der Waals surface area contributed by atoms with E-state index in [1.165, 1.54) is 0 Å². The van der Waals surface area contributed by atoms with Crippen LogP contribution >= 0.6 is 0 Å². The predicted octanol–water partition coefficient (Wildman–Crippen LogP) is 0.628. The Morgan fingerprint density at radius 2 is 1.88 bits per heavy atom. The summed E-state index contributed by atoms with van der Waals surface area (Å²) in [6.45, 7) is 12.0. The fraction of sp³-hybridized carbons (Fsp3) is 0.632. The van der Waals surface area contributed by atoms with E-state index in [2.05, 4.69) is 32.7 Å². The number of pyridine rings is 1. The van der Waals surface area contributed by atoms with Crippen molar-refractivity contribution in [3.05, 3.63) is 23.9 Å². The molecule has 0 saturated carbocycles. The van der Waals surface area contributed by atoms with Crippen LogP contribution in [0.2, 0.25) is 0 Å². The highest BCUT2D eigenvalue weighted by Crippen LogP contribution is 2.19. The summed E-state index contributed by atoms with van der Waals surface area (Å²) in [5.74, 6) is 0.995. The van der Waals surface area contributed by atoms with Crippen LogP contribution in [0.3, 0.4) is 0 Å². The minimum atomic E-state index is -0.0931. The second kappa shape index (κ2) is 8.47. The van der Waals surface area contributed by atoms with Crippen molar-refractivity contribution in [2.24, 2.45) is 0 Å². The Morgan fingerprint density at radius 1 is 1.19 bits per heavy atom. The molecule has 3 heterocycles. The molecule has 0 aromatic carbocycles. The molecule has 1 amide bonds. The van der Waals surface area contributed by atoms with Crippen molar-refractivity contribution in [3.8, 4) is 6.07 Å². The fourth-order valence-electron chi connectivity index (χ4n) is 3.76. The summed E-state index contributed by atoms with van der Waals surface area (Å²) >= 11 is 0. The molecule has 140 valence electrons. The maximum atomic E-state index is 12.8. The highest BCUT2D eigenvalue weighted by molar-refractivity contribution is 5.81. The van der Waals surface area contributed by atoms with Gasteiger partial charge in [0.25, 0.3) is 0 Å². The van der Waals surface area contributed by atoms with Gasteiger partial charge in [0.15, 0.2) is 0 Å². The summed E-state index contributed by atoms with van der Waals surface area (Å²) in [5, 5.41) is 9.26. The maximum Gasteiger partial charge on any atom is 0.239 e. The van der Waals surface area contributed by atoms with Crippen LogP contribution in [-0.2, 0) is 4.79 Å². The number of nitriles is 1. The number of amides is 1. The third-order valence-corrected chi connectivity index (χ3v) is 5.56. The molecule has 0 radical (unpaired) electrons. The molecule has 7 nitrogen and oxygen atoms in total. The molecule has 7 heteroatoms. The highest BCUT2D eigenvalue weighted by atomic mass is 16.2.